The molecule has 1 aromatic heterocycles. The molecular weight excluding hydrogens is 220 g/mol. The highest BCUT2D eigenvalue weighted by atomic mass is 15.0. The third kappa shape index (κ3) is 3.23. The Morgan fingerprint density at radius 2 is 1.89 bits per heavy atom. The summed E-state index contributed by atoms with van der Waals surface area (Å²) in [5.74, 6) is 0.603. The Morgan fingerprint density at radius 1 is 1.11 bits per heavy atom. The molecular formula is C16H22N2. The molecule has 0 saturated heterocycles. The first kappa shape index (κ1) is 12.9. The molecule has 0 amide bonds. The first-order chi connectivity index (χ1) is 8.81. The van der Waals surface area contributed by atoms with Crippen molar-refractivity contribution in [2.75, 3.05) is 6.54 Å². The average molecular weight is 242 g/mol. The minimum absolute atomic E-state index is 0.603. The van der Waals surface area contributed by atoms with Gasteiger partial charge in [0, 0.05) is 32.0 Å². The van der Waals surface area contributed by atoms with Crippen molar-refractivity contribution >= 4 is 0 Å². The summed E-state index contributed by atoms with van der Waals surface area (Å²) in [6, 6.07) is 15.0. The van der Waals surface area contributed by atoms with Crippen LogP contribution in [0.15, 0.2) is 48.7 Å². The molecule has 0 radical (unpaired) electrons. The van der Waals surface area contributed by atoms with Gasteiger partial charge in [-0.15, -0.1) is 0 Å². The van der Waals surface area contributed by atoms with Crippen LogP contribution in [0.3, 0.4) is 0 Å². The van der Waals surface area contributed by atoms with E-state index in [1.165, 1.54) is 17.7 Å². The summed E-state index contributed by atoms with van der Waals surface area (Å²) in [6.07, 6.45) is 3.26. The van der Waals surface area contributed by atoms with Crippen molar-refractivity contribution in [3.8, 4) is 0 Å². The zero-order valence-electron chi connectivity index (χ0n) is 11.3. The Kier molecular flexibility index (Phi) is 4.59. The lowest BCUT2D eigenvalue weighted by atomic mass is 9.96. The van der Waals surface area contributed by atoms with Gasteiger partial charge in [0.15, 0.2) is 0 Å². The predicted octanol–water partition coefficient (Wildman–Crippen LogP) is 3.31. The molecule has 2 heteroatoms. The largest absolute Gasteiger partial charge is 0.353 e. The third-order valence-electron chi connectivity index (χ3n) is 3.51. The second-order valence-corrected chi connectivity index (χ2v) is 4.76. The van der Waals surface area contributed by atoms with E-state index in [-0.39, 0.29) is 0 Å². The Bertz CT molecular complexity index is 459. The molecule has 1 N–H and O–H groups in total. The monoisotopic (exact) mass is 242 g/mol. The van der Waals surface area contributed by atoms with E-state index >= 15 is 0 Å². The second kappa shape index (κ2) is 6.41. The van der Waals surface area contributed by atoms with Crippen molar-refractivity contribution in [2.45, 2.75) is 25.8 Å². The first-order valence-corrected chi connectivity index (χ1v) is 6.67. The SMILES string of the molecule is CCC(CNCc1cccn1C)c1ccccc1. The van der Waals surface area contributed by atoms with Crippen molar-refractivity contribution in [2.24, 2.45) is 7.05 Å². The molecule has 0 saturated carbocycles. The maximum Gasteiger partial charge on any atom is 0.0359 e. The number of nitrogens with one attached hydrogen (secondary N) is 1. The van der Waals surface area contributed by atoms with Crippen molar-refractivity contribution < 1.29 is 0 Å². The van der Waals surface area contributed by atoms with Crippen molar-refractivity contribution in [3.63, 3.8) is 0 Å². The van der Waals surface area contributed by atoms with Gasteiger partial charge in [0.25, 0.3) is 0 Å². The molecule has 18 heavy (non-hydrogen) atoms. The molecule has 1 unspecified atom stereocenters. The number of aryl methyl sites for hydroxylation is 1. The summed E-state index contributed by atoms with van der Waals surface area (Å²) in [5, 5.41) is 3.56. The van der Waals surface area contributed by atoms with E-state index in [9.17, 15) is 0 Å². The van der Waals surface area contributed by atoms with Gasteiger partial charge in [-0.3, -0.25) is 0 Å². The smallest absolute Gasteiger partial charge is 0.0359 e. The summed E-state index contributed by atoms with van der Waals surface area (Å²) in [6.45, 7) is 4.22. The van der Waals surface area contributed by atoms with Crippen LogP contribution in [0.5, 0.6) is 0 Å². The number of benzene rings is 1. The van der Waals surface area contributed by atoms with Crippen molar-refractivity contribution in [3.05, 3.63) is 59.9 Å². The maximum atomic E-state index is 3.56. The van der Waals surface area contributed by atoms with Crippen molar-refractivity contribution in [1.82, 2.24) is 9.88 Å². The normalized spacial score (nSPS) is 12.6. The van der Waals surface area contributed by atoms with E-state index in [0.29, 0.717) is 5.92 Å². The van der Waals surface area contributed by atoms with Gasteiger partial charge in [0.1, 0.15) is 0 Å². The van der Waals surface area contributed by atoms with Crippen LogP contribution >= 0.6 is 0 Å². The van der Waals surface area contributed by atoms with Crippen LogP contribution in [-0.2, 0) is 13.6 Å². The number of aromatic nitrogens is 1. The van der Waals surface area contributed by atoms with E-state index < -0.39 is 0 Å². The fraction of sp³-hybridized carbons (Fsp3) is 0.375. The number of hydrogen-bond acceptors (Lipinski definition) is 1. The van der Waals surface area contributed by atoms with Gasteiger partial charge >= 0.3 is 0 Å². The summed E-state index contributed by atoms with van der Waals surface area (Å²) in [4.78, 5) is 0. The van der Waals surface area contributed by atoms with Crippen LogP contribution in [0.1, 0.15) is 30.5 Å². The maximum absolute atomic E-state index is 3.56. The molecule has 0 aliphatic carbocycles. The highest BCUT2D eigenvalue weighted by Gasteiger charge is 2.08. The Morgan fingerprint density at radius 3 is 2.50 bits per heavy atom. The van der Waals surface area contributed by atoms with Gasteiger partial charge < -0.3 is 9.88 Å². The van der Waals surface area contributed by atoms with E-state index in [0.717, 1.165) is 13.1 Å². The van der Waals surface area contributed by atoms with Gasteiger partial charge in [-0.1, -0.05) is 37.3 Å². The van der Waals surface area contributed by atoms with Gasteiger partial charge in [0.05, 0.1) is 0 Å². The molecule has 0 spiro atoms. The third-order valence-corrected chi connectivity index (χ3v) is 3.51. The number of nitrogens with zero attached hydrogens (tertiary/aromatic N) is 1. The first-order valence-electron chi connectivity index (χ1n) is 6.67. The Balaban J connectivity index is 1.87. The number of rotatable bonds is 6. The van der Waals surface area contributed by atoms with Crippen LogP contribution in [0.2, 0.25) is 0 Å². The molecule has 1 heterocycles. The highest BCUT2D eigenvalue weighted by molar-refractivity contribution is 5.19. The van der Waals surface area contributed by atoms with Gasteiger partial charge in [-0.05, 0) is 30.0 Å². The summed E-state index contributed by atoms with van der Waals surface area (Å²) in [7, 11) is 2.09. The molecule has 1 aromatic carbocycles. The van der Waals surface area contributed by atoms with Gasteiger partial charge in [0.2, 0.25) is 0 Å². The summed E-state index contributed by atoms with van der Waals surface area (Å²) in [5.41, 5.74) is 2.76. The number of hydrogen-bond donors (Lipinski definition) is 1. The van der Waals surface area contributed by atoms with Crippen LogP contribution in [-0.4, -0.2) is 11.1 Å². The van der Waals surface area contributed by atoms with E-state index in [1.807, 2.05) is 0 Å². The molecule has 1 atom stereocenters. The highest BCUT2D eigenvalue weighted by Crippen LogP contribution is 2.18. The fourth-order valence-corrected chi connectivity index (χ4v) is 2.28. The zero-order valence-corrected chi connectivity index (χ0v) is 11.3. The summed E-state index contributed by atoms with van der Waals surface area (Å²) < 4.78 is 2.16. The standard InChI is InChI=1S/C16H22N2/c1-3-14(15-8-5-4-6-9-15)12-17-13-16-10-7-11-18(16)2/h4-11,14,17H,3,12-13H2,1-2H3. The molecule has 0 bridgehead atoms. The van der Waals surface area contributed by atoms with Crippen LogP contribution < -0.4 is 5.32 Å². The lowest BCUT2D eigenvalue weighted by Crippen LogP contribution is -2.22. The van der Waals surface area contributed by atoms with Crippen LogP contribution in [0.4, 0.5) is 0 Å². The van der Waals surface area contributed by atoms with Gasteiger partial charge in [-0.2, -0.15) is 0 Å². The second-order valence-electron chi connectivity index (χ2n) is 4.76. The molecule has 2 nitrogen and oxygen atoms in total. The quantitative estimate of drug-likeness (QED) is 0.822. The molecule has 0 aliphatic heterocycles. The van der Waals surface area contributed by atoms with E-state index in [2.05, 4.69) is 72.5 Å². The minimum atomic E-state index is 0.603. The lowest BCUT2D eigenvalue weighted by Gasteiger charge is -2.16. The fourth-order valence-electron chi connectivity index (χ4n) is 2.28. The van der Waals surface area contributed by atoms with Gasteiger partial charge in [-0.25, -0.2) is 0 Å². The van der Waals surface area contributed by atoms with Crippen LogP contribution in [0, 0.1) is 0 Å². The summed E-state index contributed by atoms with van der Waals surface area (Å²) >= 11 is 0. The van der Waals surface area contributed by atoms with Crippen molar-refractivity contribution in [1.29, 1.82) is 0 Å². The Hall–Kier alpha value is -1.54. The zero-order chi connectivity index (χ0) is 12.8. The lowest BCUT2D eigenvalue weighted by molar-refractivity contribution is 0.559. The molecule has 0 fully saturated rings. The molecule has 2 rings (SSSR count). The predicted molar refractivity (Wildman–Crippen MR) is 76.6 cm³/mol. The average Bonchev–Trinajstić information content (AvgIpc) is 2.81. The van der Waals surface area contributed by atoms with E-state index in [1.54, 1.807) is 0 Å². The molecule has 96 valence electrons. The minimum Gasteiger partial charge on any atom is -0.353 e. The topological polar surface area (TPSA) is 17.0 Å². The van der Waals surface area contributed by atoms with E-state index in [4.69, 9.17) is 0 Å². The molecule has 2 aromatic rings. The molecule has 0 aliphatic rings. The van der Waals surface area contributed by atoms with Crippen LogP contribution in [0.25, 0.3) is 0 Å². The Labute approximate surface area is 110 Å².